The largest absolute Gasteiger partial charge is 0.390 e. The maximum atomic E-state index is 12.6. The number of fused-ring (bicyclic) bond motifs is 1. The van der Waals surface area contributed by atoms with Gasteiger partial charge in [-0.25, -0.2) is 4.98 Å². The van der Waals surface area contributed by atoms with E-state index in [0.29, 0.717) is 12.3 Å². The van der Waals surface area contributed by atoms with Gasteiger partial charge in [0.25, 0.3) is 0 Å². The first-order chi connectivity index (χ1) is 11.1. The summed E-state index contributed by atoms with van der Waals surface area (Å²) in [4.78, 5) is 19.0. The zero-order valence-electron chi connectivity index (χ0n) is 13.5. The van der Waals surface area contributed by atoms with Crippen LogP contribution in [0.2, 0.25) is 0 Å². The molecule has 2 fully saturated rings. The number of rotatable bonds is 3. The number of pyridine rings is 1. The first-order valence-corrected chi connectivity index (χ1v) is 8.48. The molecule has 2 aromatic heterocycles. The highest BCUT2D eigenvalue weighted by Gasteiger charge is 2.48. The van der Waals surface area contributed by atoms with Crippen LogP contribution in [0.3, 0.4) is 0 Å². The van der Waals surface area contributed by atoms with E-state index in [1.165, 1.54) is 0 Å². The smallest absolute Gasteiger partial charge is 0.228 e. The van der Waals surface area contributed by atoms with Crippen molar-refractivity contribution < 1.29 is 9.90 Å². The molecule has 0 atom stereocenters. The van der Waals surface area contributed by atoms with Crippen LogP contribution in [-0.2, 0) is 11.2 Å². The number of likely N-dealkylation sites (tertiary alicyclic amines) is 1. The topological polar surface area (TPSA) is 57.8 Å². The predicted octanol–water partition coefficient (Wildman–Crippen LogP) is 1.95. The Morgan fingerprint density at radius 2 is 2.13 bits per heavy atom. The minimum Gasteiger partial charge on any atom is -0.390 e. The maximum absolute atomic E-state index is 12.6. The maximum Gasteiger partial charge on any atom is 0.228 e. The van der Waals surface area contributed by atoms with Crippen molar-refractivity contribution in [3.05, 3.63) is 35.8 Å². The van der Waals surface area contributed by atoms with E-state index in [2.05, 4.69) is 4.98 Å². The molecule has 0 radical (unpaired) electrons. The molecule has 1 aliphatic carbocycles. The van der Waals surface area contributed by atoms with E-state index in [-0.39, 0.29) is 5.91 Å². The number of aromatic nitrogens is 2. The van der Waals surface area contributed by atoms with Crippen LogP contribution in [0.4, 0.5) is 0 Å². The van der Waals surface area contributed by atoms with Gasteiger partial charge in [-0.2, -0.15) is 0 Å². The molecule has 23 heavy (non-hydrogen) atoms. The summed E-state index contributed by atoms with van der Waals surface area (Å²) >= 11 is 0. The third-order valence-corrected chi connectivity index (χ3v) is 5.51. The lowest BCUT2D eigenvalue weighted by atomic mass is 9.89. The van der Waals surface area contributed by atoms with Crippen LogP contribution in [0.15, 0.2) is 24.5 Å². The van der Waals surface area contributed by atoms with Gasteiger partial charge in [-0.3, -0.25) is 4.79 Å². The number of aryl methyl sites for hydroxylation is 1. The summed E-state index contributed by atoms with van der Waals surface area (Å²) in [6.45, 7) is 3.56. The molecule has 0 unspecified atom stereocenters. The molecule has 3 heterocycles. The Kier molecular flexibility index (Phi) is 3.41. The molecule has 5 heteroatoms. The molecule has 122 valence electrons. The van der Waals surface area contributed by atoms with Crippen LogP contribution in [0.5, 0.6) is 0 Å². The molecule has 2 aromatic rings. The van der Waals surface area contributed by atoms with Gasteiger partial charge in [0.1, 0.15) is 5.65 Å². The van der Waals surface area contributed by atoms with Gasteiger partial charge >= 0.3 is 0 Å². The minimum atomic E-state index is -0.408. The van der Waals surface area contributed by atoms with Crippen LogP contribution in [0.1, 0.15) is 36.9 Å². The first kappa shape index (κ1) is 14.7. The summed E-state index contributed by atoms with van der Waals surface area (Å²) in [5.41, 5.74) is 2.57. The van der Waals surface area contributed by atoms with Crippen molar-refractivity contribution in [2.45, 2.75) is 44.6 Å². The number of aliphatic hydroxyl groups is 1. The highest BCUT2D eigenvalue weighted by molar-refractivity contribution is 5.78. The Hall–Kier alpha value is -1.88. The summed E-state index contributed by atoms with van der Waals surface area (Å²) in [6, 6.07) is 4.02. The van der Waals surface area contributed by atoms with Crippen molar-refractivity contribution in [1.82, 2.24) is 14.3 Å². The van der Waals surface area contributed by atoms with Crippen LogP contribution in [0, 0.1) is 12.8 Å². The lowest BCUT2D eigenvalue weighted by molar-refractivity contribution is -0.132. The van der Waals surface area contributed by atoms with Crippen molar-refractivity contribution in [3.63, 3.8) is 0 Å². The van der Waals surface area contributed by atoms with Gasteiger partial charge in [0.2, 0.25) is 5.91 Å². The fraction of sp³-hybridized carbons (Fsp3) is 0.556. The van der Waals surface area contributed by atoms with Crippen molar-refractivity contribution in [2.24, 2.45) is 5.92 Å². The molecule has 1 amide bonds. The quantitative estimate of drug-likeness (QED) is 0.942. The lowest BCUT2D eigenvalue weighted by Crippen LogP contribution is -2.42. The average Bonchev–Trinajstić information content (AvgIpc) is 3.18. The average molecular weight is 313 g/mol. The van der Waals surface area contributed by atoms with Crippen LogP contribution in [0.25, 0.3) is 5.65 Å². The highest BCUT2D eigenvalue weighted by Crippen LogP contribution is 2.46. The van der Waals surface area contributed by atoms with Crippen LogP contribution < -0.4 is 0 Å². The summed E-state index contributed by atoms with van der Waals surface area (Å²) in [5.74, 6) is 0.541. The van der Waals surface area contributed by atoms with Crippen molar-refractivity contribution >= 4 is 11.6 Å². The number of hydrogen-bond acceptors (Lipinski definition) is 3. The molecule has 2 aliphatic rings. The fourth-order valence-electron chi connectivity index (χ4n) is 3.80. The summed E-state index contributed by atoms with van der Waals surface area (Å²) in [6.07, 6.45) is 7.88. The van der Waals surface area contributed by atoms with Gasteiger partial charge in [0, 0.05) is 25.5 Å². The molecule has 4 rings (SSSR count). The van der Waals surface area contributed by atoms with Gasteiger partial charge in [0.15, 0.2) is 0 Å². The van der Waals surface area contributed by atoms with Gasteiger partial charge in [-0.1, -0.05) is 6.07 Å². The van der Waals surface area contributed by atoms with Crippen molar-refractivity contribution in [2.75, 3.05) is 13.1 Å². The Morgan fingerprint density at radius 3 is 2.83 bits per heavy atom. The van der Waals surface area contributed by atoms with E-state index in [1.54, 1.807) is 6.20 Å². The zero-order chi connectivity index (χ0) is 16.0. The third-order valence-electron chi connectivity index (χ3n) is 5.51. The molecular weight excluding hydrogens is 290 g/mol. The number of carbonyl (C=O) groups is 1. The van der Waals surface area contributed by atoms with Gasteiger partial charge in [-0.05, 0) is 50.2 Å². The minimum absolute atomic E-state index is 0.162. The molecule has 0 aromatic carbocycles. The molecule has 1 N–H and O–H groups in total. The fourth-order valence-corrected chi connectivity index (χ4v) is 3.80. The number of carbonyl (C=O) groups excluding carboxylic acids is 1. The molecule has 1 saturated heterocycles. The zero-order valence-corrected chi connectivity index (χ0v) is 13.5. The Bertz CT molecular complexity index is 740. The molecular formula is C18H23N3O2. The molecule has 0 spiro atoms. The van der Waals surface area contributed by atoms with E-state index >= 15 is 0 Å². The van der Waals surface area contributed by atoms with Gasteiger partial charge in [-0.15, -0.1) is 0 Å². The van der Waals surface area contributed by atoms with E-state index in [9.17, 15) is 9.90 Å². The summed E-state index contributed by atoms with van der Waals surface area (Å²) in [5, 5.41) is 10.2. The number of piperidine rings is 1. The summed E-state index contributed by atoms with van der Waals surface area (Å²) in [7, 11) is 0. The standard InChI is InChI=1S/C18H23N3O2/c1-13-3-2-8-21-15(12-19-17(13)21)11-16(22)20-9-4-14(5-10-20)18(23)6-7-18/h2-3,8,12,14,23H,4-7,9-11H2,1H3. The molecule has 5 nitrogen and oxygen atoms in total. The SMILES string of the molecule is Cc1cccn2c(CC(=O)N3CCC(C4(O)CC4)CC3)cnc12. The van der Waals surface area contributed by atoms with Crippen molar-refractivity contribution in [1.29, 1.82) is 0 Å². The van der Waals surface area contributed by atoms with Crippen LogP contribution in [-0.4, -0.2) is 44.0 Å². The second-order valence-corrected chi connectivity index (χ2v) is 7.07. The van der Waals surface area contributed by atoms with E-state index < -0.39 is 5.60 Å². The first-order valence-electron chi connectivity index (χ1n) is 8.48. The number of hydrogen-bond donors (Lipinski definition) is 1. The van der Waals surface area contributed by atoms with Gasteiger partial charge in [0.05, 0.1) is 17.7 Å². The molecule has 1 saturated carbocycles. The Labute approximate surface area is 135 Å². The predicted molar refractivity (Wildman–Crippen MR) is 87.1 cm³/mol. The highest BCUT2D eigenvalue weighted by atomic mass is 16.3. The van der Waals surface area contributed by atoms with Crippen LogP contribution >= 0.6 is 0 Å². The lowest BCUT2D eigenvalue weighted by Gasteiger charge is -2.34. The molecule has 1 aliphatic heterocycles. The van der Waals surface area contributed by atoms with Crippen molar-refractivity contribution in [3.8, 4) is 0 Å². The van der Waals surface area contributed by atoms with E-state index in [1.807, 2.05) is 34.6 Å². The summed E-state index contributed by atoms with van der Waals surface area (Å²) < 4.78 is 2.01. The number of amides is 1. The number of nitrogens with zero attached hydrogens (tertiary/aromatic N) is 3. The normalized spacial score (nSPS) is 20.9. The van der Waals surface area contributed by atoms with Gasteiger partial charge < -0.3 is 14.4 Å². The third kappa shape index (κ3) is 2.63. The second-order valence-electron chi connectivity index (χ2n) is 7.07. The molecule has 0 bridgehead atoms. The van der Waals surface area contributed by atoms with E-state index in [4.69, 9.17) is 0 Å². The second kappa shape index (κ2) is 5.34. The Morgan fingerprint density at radius 1 is 1.39 bits per heavy atom. The monoisotopic (exact) mass is 313 g/mol. The van der Waals surface area contributed by atoms with E-state index in [0.717, 1.165) is 55.7 Å². The number of imidazole rings is 1. The Balaban J connectivity index is 1.43.